The highest BCUT2D eigenvalue weighted by molar-refractivity contribution is 5.92. The van der Waals surface area contributed by atoms with Crippen LogP contribution in [0.5, 0.6) is 5.75 Å². The van der Waals surface area contributed by atoms with Crippen LogP contribution in [0.3, 0.4) is 0 Å². The van der Waals surface area contributed by atoms with Crippen molar-refractivity contribution in [1.82, 2.24) is 5.32 Å². The Morgan fingerprint density at radius 2 is 1.84 bits per heavy atom. The molecule has 8 nitrogen and oxygen atoms in total. The molecule has 0 aromatic heterocycles. The molecule has 1 amide bonds. The van der Waals surface area contributed by atoms with E-state index in [0.717, 1.165) is 55.6 Å². The van der Waals surface area contributed by atoms with E-state index in [1.54, 1.807) is 5.56 Å². The van der Waals surface area contributed by atoms with Gasteiger partial charge >= 0.3 is 0 Å². The lowest BCUT2D eigenvalue weighted by molar-refractivity contribution is -0.125. The van der Waals surface area contributed by atoms with Crippen LogP contribution in [-0.2, 0) is 30.9 Å². The van der Waals surface area contributed by atoms with Crippen LogP contribution in [0.15, 0.2) is 17.3 Å². The maximum Gasteiger partial charge on any atom is 0.260 e. The molecular formula is C35H51N3O5. The number of aryl methyl sites for hydroxylation is 1. The summed E-state index contributed by atoms with van der Waals surface area (Å²) < 4.78 is 10.7. The van der Waals surface area contributed by atoms with Crippen LogP contribution in [0.1, 0.15) is 93.7 Å². The van der Waals surface area contributed by atoms with E-state index < -0.39 is 0 Å². The molecule has 6 saturated carbocycles. The van der Waals surface area contributed by atoms with Gasteiger partial charge in [0, 0.05) is 29.5 Å². The Kier molecular flexibility index (Phi) is 8.23. The molecule has 43 heavy (non-hydrogen) atoms. The zero-order valence-electron chi connectivity index (χ0n) is 26.0. The van der Waals surface area contributed by atoms with Gasteiger partial charge in [0.1, 0.15) is 5.75 Å². The van der Waals surface area contributed by atoms with Gasteiger partial charge in [-0.15, -0.1) is 0 Å². The number of aromatic hydroxyl groups is 1. The number of phenols is 1. The second-order valence-electron chi connectivity index (χ2n) is 14.9. The van der Waals surface area contributed by atoms with Crippen molar-refractivity contribution in [3.05, 3.63) is 28.8 Å². The van der Waals surface area contributed by atoms with Crippen LogP contribution >= 0.6 is 0 Å². The van der Waals surface area contributed by atoms with Crippen molar-refractivity contribution >= 4 is 11.6 Å². The first-order valence-electron chi connectivity index (χ1n) is 17.1. The molecule has 8 rings (SSSR count). The summed E-state index contributed by atoms with van der Waals surface area (Å²) >= 11 is 0. The second kappa shape index (κ2) is 12.0. The number of nitrogens with zero attached hydrogens (tertiary/aromatic N) is 1. The highest BCUT2D eigenvalue weighted by Gasteiger charge is 2.60. The minimum Gasteiger partial charge on any atom is -0.508 e. The number of hydrogen-bond donors (Lipinski definition) is 3. The van der Waals surface area contributed by atoms with E-state index in [0.29, 0.717) is 63.0 Å². The molecule has 7 aliphatic rings. The van der Waals surface area contributed by atoms with Gasteiger partial charge < -0.3 is 30.5 Å². The summed E-state index contributed by atoms with van der Waals surface area (Å²) in [4.78, 5) is 17.9. The van der Waals surface area contributed by atoms with Gasteiger partial charge in [-0.1, -0.05) is 18.1 Å². The van der Waals surface area contributed by atoms with E-state index in [9.17, 15) is 9.90 Å². The lowest BCUT2D eigenvalue weighted by Crippen LogP contribution is -2.42. The molecule has 0 saturated heterocycles. The van der Waals surface area contributed by atoms with E-state index in [1.165, 1.54) is 49.7 Å². The lowest BCUT2D eigenvalue weighted by atomic mass is 9.55. The van der Waals surface area contributed by atoms with Crippen LogP contribution in [0, 0.1) is 35.0 Å². The van der Waals surface area contributed by atoms with E-state index in [4.69, 9.17) is 20.0 Å². The maximum absolute atomic E-state index is 12.3. The van der Waals surface area contributed by atoms with Gasteiger partial charge in [0.25, 0.3) is 5.91 Å². The number of oxime groups is 1. The first kappa shape index (κ1) is 29.5. The molecule has 0 aliphatic heterocycles. The number of amides is 1. The number of nitrogens with two attached hydrogens (primary N) is 1. The number of rotatable bonds is 12. The standard InChI is InChI=1S/C35H51N3O5/c1-34-7-6-26-27(29(34)4-5-32(34)38-43-21-33(40)37-9-11-42-13-12-41-10-8-36)3-2-24-17-31(39)30(18-28(24)26)35-19-22-14-23(20-35)16-25(35)15-22/h17-18,22-23,25-27,29,39H,2-16,19-21,36H2,1H3,(H,37,40)/b38-32+/t22?,23?,25?,26?,27?,29?,34-,35?/m0/s1. The summed E-state index contributed by atoms with van der Waals surface area (Å²) in [5.41, 5.74) is 11.1. The Labute approximate surface area is 256 Å². The average molecular weight is 594 g/mol. The normalized spacial score (nSPS) is 37.8. The predicted molar refractivity (Wildman–Crippen MR) is 165 cm³/mol. The van der Waals surface area contributed by atoms with E-state index in [1.807, 2.05) is 0 Å². The molecule has 0 heterocycles. The third-order valence-electron chi connectivity index (χ3n) is 12.7. The molecule has 4 N–H and O–H groups in total. The molecule has 6 atom stereocenters. The van der Waals surface area contributed by atoms with E-state index in [2.05, 4.69) is 29.5 Å². The summed E-state index contributed by atoms with van der Waals surface area (Å²) in [5.74, 6) is 4.77. The van der Waals surface area contributed by atoms with Crippen LogP contribution < -0.4 is 11.1 Å². The lowest BCUT2D eigenvalue weighted by Gasteiger charge is -2.49. The number of fused-ring (bicyclic) bond motifs is 5. The fourth-order valence-corrected chi connectivity index (χ4v) is 11.1. The minimum absolute atomic E-state index is 0.0384. The van der Waals surface area contributed by atoms with Gasteiger partial charge in [0.05, 0.1) is 32.1 Å². The number of benzene rings is 1. The molecule has 1 aromatic rings. The number of hydrogen-bond acceptors (Lipinski definition) is 7. The predicted octanol–water partition coefficient (Wildman–Crippen LogP) is 4.81. The number of carbonyl (C=O) groups is 1. The number of phenolic OH excluding ortho intramolecular Hbond substituents is 1. The summed E-state index contributed by atoms with van der Waals surface area (Å²) in [6.07, 6.45) is 13.4. The number of nitrogens with one attached hydrogen (secondary N) is 1. The van der Waals surface area contributed by atoms with Crippen molar-refractivity contribution in [3.63, 3.8) is 0 Å². The van der Waals surface area contributed by atoms with Crippen molar-refractivity contribution < 1.29 is 24.2 Å². The molecule has 0 spiro atoms. The van der Waals surface area contributed by atoms with E-state index >= 15 is 0 Å². The summed E-state index contributed by atoms with van der Waals surface area (Å²) in [6.45, 7) is 5.21. The van der Waals surface area contributed by atoms with E-state index in [-0.39, 0.29) is 23.3 Å². The largest absolute Gasteiger partial charge is 0.508 e. The Hall–Kier alpha value is -2.16. The topological polar surface area (TPSA) is 115 Å². The molecule has 5 unspecified atom stereocenters. The fraction of sp³-hybridized carbons (Fsp3) is 0.771. The molecule has 0 radical (unpaired) electrons. The summed E-state index contributed by atoms with van der Waals surface area (Å²) in [7, 11) is 0. The van der Waals surface area contributed by atoms with Crippen LogP contribution in [0.2, 0.25) is 0 Å². The molecule has 7 aliphatic carbocycles. The minimum atomic E-state index is -0.179. The number of carbonyl (C=O) groups excluding carboxylic acids is 1. The van der Waals surface area contributed by atoms with Crippen molar-refractivity contribution in [2.75, 3.05) is 46.1 Å². The monoisotopic (exact) mass is 593 g/mol. The van der Waals surface area contributed by atoms with Gasteiger partial charge in [-0.2, -0.15) is 0 Å². The number of ether oxygens (including phenoxy) is 2. The SMILES string of the molecule is C[C@]12CCC3c4cc(C56CC7CC(CC5C7)C6)c(O)cc4CCC3C1CC/C2=N\OCC(=O)NCCOCCOCCN. The first-order chi connectivity index (χ1) is 20.9. The van der Waals surface area contributed by atoms with Crippen molar-refractivity contribution in [3.8, 4) is 5.75 Å². The highest BCUT2D eigenvalue weighted by Crippen LogP contribution is 2.68. The molecular weight excluding hydrogens is 542 g/mol. The second-order valence-corrected chi connectivity index (χ2v) is 14.9. The Morgan fingerprint density at radius 3 is 2.63 bits per heavy atom. The fourth-order valence-electron chi connectivity index (χ4n) is 11.1. The molecule has 236 valence electrons. The molecule has 4 bridgehead atoms. The zero-order chi connectivity index (χ0) is 29.6. The van der Waals surface area contributed by atoms with Gasteiger partial charge in [-0.05, 0) is 123 Å². The van der Waals surface area contributed by atoms with Gasteiger partial charge in [-0.3, -0.25) is 4.79 Å². The van der Waals surface area contributed by atoms with Crippen molar-refractivity contribution in [2.24, 2.45) is 45.9 Å². The van der Waals surface area contributed by atoms with Crippen molar-refractivity contribution in [2.45, 2.75) is 88.9 Å². The van der Waals surface area contributed by atoms with Crippen LogP contribution in [0.25, 0.3) is 0 Å². The average Bonchev–Trinajstić information content (AvgIpc) is 3.55. The first-order valence-corrected chi connectivity index (χ1v) is 17.1. The maximum atomic E-state index is 12.3. The van der Waals surface area contributed by atoms with Gasteiger partial charge in [-0.25, -0.2) is 0 Å². The molecule has 1 aromatic carbocycles. The Morgan fingerprint density at radius 1 is 1.05 bits per heavy atom. The van der Waals surface area contributed by atoms with Gasteiger partial charge in [0.15, 0.2) is 6.61 Å². The summed E-state index contributed by atoms with van der Waals surface area (Å²) in [6, 6.07) is 4.69. The summed E-state index contributed by atoms with van der Waals surface area (Å²) in [5, 5.41) is 18.8. The van der Waals surface area contributed by atoms with Gasteiger partial charge in [0.2, 0.25) is 0 Å². The highest BCUT2D eigenvalue weighted by atomic mass is 16.6. The van der Waals surface area contributed by atoms with Crippen LogP contribution in [0.4, 0.5) is 0 Å². The molecule has 8 heteroatoms. The van der Waals surface area contributed by atoms with Crippen LogP contribution in [-0.4, -0.2) is 62.8 Å². The Bertz CT molecular complexity index is 1220. The third-order valence-corrected chi connectivity index (χ3v) is 12.7. The third kappa shape index (κ3) is 5.29. The Balaban J connectivity index is 0.963. The zero-order valence-corrected chi connectivity index (χ0v) is 26.0. The quantitative estimate of drug-likeness (QED) is 0.237. The molecule has 6 fully saturated rings. The smallest absolute Gasteiger partial charge is 0.260 e. The van der Waals surface area contributed by atoms with Crippen molar-refractivity contribution in [1.29, 1.82) is 0 Å².